The van der Waals surface area contributed by atoms with Gasteiger partial charge in [0.2, 0.25) is 5.78 Å². The summed E-state index contributed by atoms with van der Waals surface area (Å²) in [5, 5.41) is 10.5. The maximum absolute atomic E-state index is 12.3. The molecule has 0 aromatic carbocycles. The molecule has 1 saturated carbocycles. The lowest BCUT2D eigenvalue weighted by Gasteiger charge is -2.23. The van der Waals surface area contributed by atoms with E-state index in [0.717, 1.165) is 28.5 Å². The van der Waals surface area contributed by atoms with Crippen LogP contribution in [0.15, 0.2) is 16.2 Å². The molecular formula is C15H19N5OS. The fourth-order valence-corrected chi connectivity index (χ4v) is 3.91. The number of aromatic nitrogens is 4. The number of fused-ring (bicyclic) bond motifs is 3. The average Bonchev–Trinajstić information content (AvgIpc) is 3.09. The van der Waals surface area contributed by atoms with Crippen LogP contribution < -0.4 is 5.56 Å². The Morgan fingerprint density at radius 2 is 2.23 bits per heavy atom. The molecule has 1 fully saturated rings. The average molecular weight is 317 g/mol. The van der Waals surface area contributed by atoms with E-state index in [1.807, 2.05) is 15.8 Å². The predicted octanol–water partition coefficient (Wildman–Crippen LogP) is 1.87. The van der Waals surface area contributed by atoms with Crippen molar-refractivity contribution in [1.29, 1.82) is 0 Å². The highest BCUT2D eigenvalue weighted by molar-refractivity contribution is 7.17. The van der Waals surface area contributed by atoms with Gasteiger partial charge in [0.1, 0.15) is 4.70 Å². The molecule has 1 aliphatic carbocycles. The van der Waals surface area contributed by atoms with E-state index in [4.69, 9.17) is 0 Å². The van der Waals surface area contributed by atoms with Gasteiger partial charge in [0.25, 0.3) is 5.56 Å². The van der Waals surface area contributed by atoms with Gasteiger partial charge in [-0.05, 0) is 44.2 Å². The van der Waals surface area contributed by atoms with Crippen molar-refractivity contribution in [2.75, 3.05) is 7.05 Å². The number of nitrogens with zero attached hydrogens (tertiary/aromatic N) is 5. The van der Waals surface area contributed by atoms with Gasteiger partial charge in [-0.2, -0.15) is 0 Å². The van der Waals surface area contributed by atoms with Crippen LogP contribution in [0.1, 0.15) is 25.6 Å². The molecule has 1 atom stereocenters. The lowest BCUT2D eigenvalue weighted by atomic mass is 10.2. The minimum Gasteiger partial charge on any atom is -0.296 e. The maximum Gasteiger partial charge on any atom is 0.272 e. The molecule has 116 valence electrons. The van der Waals surface area contributed by atoms with E-state index in [0.29, 0.717) is 11.8 Å². The van der Waals surface area contributed by atoms with Crippen LogP contribution in [0, 0.1) is 5.92 Å². The van der Waals surface area contributed by atoms with Crippen LogP contribution in [-0.2, 0) is 13.6 Å². The Balaban J connectivity index is 1.83. The summed E-state index contributed by atoms with van der Waals surface area (Å²) in [6, 6.07) is 2.53. The zero-order valence-electron chi connectivity index (χ0n) is 13.0. The van der Waals surface area contributed by atoms with Crippen LogP contribution in [0.4, 0.5) is 0 Å². The Kier molecular flexibility index (Phi) is 3.09. The van der Waals surface area contributed by atoms with E-state index >= 15 is 0 Å². The zero-order chi connectivity index (χ0) is 15.4. The molecule has 3 heterocycles. The van der Waals surface area contributed by atoms with Crippen molar-refractivity contribution in [2.45, 2.75) is 32.4 Å². The van der Waals surface area contributed by atoms with Gasteiger partial charge in [-0.3, -0.25) is 18.7 Å². The Labute approximate surface area is 132 Å². The third kappa shape index (κ3) is 1.99. The normalized spacial score (nSPS) is 16.9. The van der Waals surface area contributed by atoms with E-state index in [1.54, 1.807) is 11.6 Å². The molecule has 0 spiro atoms. The molecule has 6 nitrogen and oxygen atoms in total. The van der Waals surface area contributed by atoms with Gasteiger partial charge in [0.15, 0.2) is 5.82 Å². The molecule has 0 saturated heterocycles. The Morgan fingerprint density at radius 3 is 2.95 bits per heavy atom. The molecular weight excluding hydrogens is 298 g/mol. The van der Waals surface area contributed by atoms with Crippen molar-refractivity contribution >= 4 is 27.3 Å². The van der Waals surface area contributed by atoms with Crippen LogP contribution >= 0.6 is 11.3 Å². The summed E-state index contributed by atoms with van der Waals surface area (Å²) in [7, 11) is 3.89. The van der Waals surface area contributed by atoms with Gasteiger partial charge in [-0.25, -0.2) is 0 Å². The van der Waals surface area contributed by atoms with Crippen molar-refractivity contribution in [1.82, 2.24) is 24.1 Å². The van der Waals surface area contributed by atoms with Crippen molar-refractivity contribution < 1.29 is 0 Å². The third-order valence-electron chi connectivity index (χ3n) is 4.79. The Morgan fingerprint density at radius 1 is 1.45 bits per heavy atom. The molecule has 22 heavy (non-hydrogen) atoms. The monoisotopic (exact) mass is 317 g/mol. The van der Waals surface area contributed by atoms with E-state index in [2.05, 4.69) is 29.1 Å². The summed E-state index contributed by atoms with van der Waals surface area (Å²) in [6.07, 6.45) is 2.66. The number of hydrogen-bond acceptors (Lipinski definition) is 5. The molecule has 0 radical (unpaired) electrons. The first-order valence-electron chi connectivity index (χ1n) is 7.58. The van der Waals surface area contributed by atoms with Crippen molar-refractivity contribution in [3.05, 3.63) is 27.6 Å². The third-order valence-corrected chi connectivity index (χ3v) is 5.68. The minimum atomic E-state index is -0.00356. The molecule has 4 rings (SSSR count). The van der Waals surface area contributed by atoms with Crippen molar-refractivity contribution in [3.63, 3.8) is 0 Å². The smallest absolute Gasteiger partial charge is 0.272 e. The number of rotatable bonds is 4. The summed E-state index contributed by atoms with van der Waals surface area (Å²) in [4.78, 5) is 14.7. The van der Waals surface area contributed by atoms with E-state index in [9.17, 15) is 4.79 Å². The number of thiophene rings is 1. The fraction of sp³-hybridized carbons (Fsp3) is 0.533. The van der Waals surface area contributed by atoms with Gasteiger partial charge in [-0.15, -0.1) is 21.5 Å². The first-order valence-corrected chi connectivity index (χ1v) is 8.46. The SMILES string of the molecule is CC(C1CC1)N(C)Cc1nnc2n(C)c(=O)c3sccc3n12. The van der Waals surface area contributed by atoms with E-state index < -0.39 is 0 Å². The van der Waals surface area contributed by atoms with Crippen LogP contribution in [0.5, 0.6) is 0 Å². The molecule has 1 unspecified atom stereocenters. The second-order valence-electron chi connectivity index (χ2n) is 6.24. The van der Waals surface area contributed by atoms with Gasteiger partial charge in [0.05, 0.1) is 12.1 Å². The van der Waals surface area contributed by atoms with E-state index in [1.165, 1.54) is 24.2 Å². The van der Waals surface area contributed by atoms with Crippen LogP contribution in [0.3, 0.4) is 0 Å². The number of aryl methyl sites for hydroxylation is 1. The highest BCUT2D eigenvalue weighted by Gasteiger charge is 2.31. The van der Waals surface area contributed by atoms with Gasteiger partial charge >= 0.3 is 0 Å². The molecule has 1 aliphatic rings. The van der Waals surface area contributed by atoms with Crippen molar-refractivity contribution in [3.8, 4) is 0 Å². The Bertz CT molecular complexity index is 904. The quantitative estimate of drug-likeness (QED) is 0.737. The second-order valence-corrected chi connectivity index (χ2v) is 7.16. The standard InChI is InChI=1S/C15H19N5OS/c1-9(10-4-5-10)18(2)8-12-16-17-15-19(3)14(21)13-11(20(12)15)6-7-22-13/h6-7,9-10H,4-5,8H2,1-3H3. The molecule has 3 aromatic rings. The van der Waals surface area contributed by atoms with Gasteiger partial charge in [-0.1, -0.05) is 0 Å². The topological polar surface area (TPSA) is 55.4 Å². The summed E-state index contributed by atoms with van der Waals surface area (Å²) < 4.78 is 4.36. The highest BCUT2D eigenvalue weighted by Crippen LogP contribution is 2.35. The number of hydrogen-bond donors (Lipinski definition) is 0. The zero-order valence-corrected chi connectivity index (χ0v) is 13.8. The van der Waals surface area contributed by atoms with Crippen molar-refractivity contribution in [2.24, 2.45) is 13.0 Å². The van der Waals surface area contributed by atoms with Gasteiger partial charge in [0, 0.05) is 13.1 Å². The second kappa shape index (κ2) is 4.89. The molecule has 0 amide bonds. The Hall–Kier alpha value is -1.73. The lowest BCUT2D eigenvalue weighted by Crippen LogP contribution is -2.31. The van der Waals surface area contributed by atoms with Crippen LogP contribution in [-0.4, -0.2) is 37.2 Å². The molecule has 7 heteroatoms. The fourth-order valence-electron chi connectivity index (χ4n) is 3.06. The first kappa shape index (κ1) is 13.9. The molecule has 0 N–H and O–H groups in total. The molecule has 3 aromatic heterocycles. The summed E-state index contributed by atoms with van der Waals surface area (Å²) in [5.74, 6) is 2.32. The van der Waals surface area contributed by atoms with Crippen LogP contribution in [0.25, 0.3) is 16.0 Å². The largest absolute Gasteiger partial charge is 0.296 e. The van der Waals surface area contributed by atoms with E-state index in [-0.39, 0.29) is 5.56 Å². The minimum absolute atomic E-state index is 0.00356. The lowest BCUT2D eigenvalue weighted by molar-refractivity contribution is 0.221. The predicted molar refractivity (Wildman–Crippen MR) is 87.3 cm³/mol. The highest BCUT2D eigenvalue weighted by atomic mass is 32.1. The van der Waals surface area contributed by atoms with Gasteiger partial charge < -0.3 is 0 Å². The first-order chi connectivity index (χ1) is 10.6. The summed E-state index contributed by atoms with van der Waals surface area (Å²) in [6.45, 7) is 3.01. The summed E-state index contributed by atoms with van der Waals surface area (Å²) >= 11 is 1.47. The maximum atomic E-state index is 12.3. The molecule has 0 bridgehead atoms. The van der Waals surface area contributed by atoms with Crippen LogP contribution in [0.2, 0.25) is 0 Å². The molecule has 0 aliphatic heterocycles. The summed E-state index contributed by atoms with van der Waals surface area (Å²) in [5.41, 5.74) is 0.909.